The van der Waals surface area contributed by atoms with Crippen LogP contribution < -0.4 is 5.32 Å². The topological polar surface area (TPSA) is 12.0 Å². The Kier molecular flexibility index (Phi) is 2.92. The quantitative estimate of drug-likeness (QED) is 0.656. The highest BCUT2D eigenvalue weighted by Crippen LogP contribution is 2.42. The van der Waals surface area contributed by atoms with Crippen LogP contribution in [0.4, 0.5) is 0 Å². The number of hydrogen-bond acceptors (Lipinski definition) is 1. The van der Waals surface area contributed by atoms with Crippen LogP contribution in [0.25, 0.3) is 0 Å². The second-order valence-electron chi connectivity index (χ2n) is 5.24. The third-order valence-electron chi connectivity index (χ3n) is 4.28. The van der Waals surface area contributed by atoms with Crippen LogP contribution in [0.15, 0.2) is 0 Å². The molecule has 0 saturated heterocycles. The van der Waals surface area contributed by atoms with E-state index in [4.69, 9.17) is 0 Å². The molecular formula is C12H23N. The van der Waals surface area contributed by atoms with Crippen molar-refractivity contribution >= 4 is 0 Å². The molecule has 2 saturated carbocycles. The lowest BCUT2D eigenvalue weighted by Crippen LogP contribution is -2.38. The predicted octanol–water partition coefficient (Wildman–Crippen LogP) is 2.81. The molecular weight excluding hydrogens is 158 g/mol. The highest BCUT2D eigenvalue weighted by atomic mass is 14.9. The van der Waals surface area contributed by atoms with Crippen LogP contribution in [0, 0.1) is 17.8 Å². The first-order valence-corrected chi connectivity index (χ1v) is 5.97. The van der Waals surface area contributed by atoms with Gasteiger partial charge in [0.25, 0.3) is 0 Å². The van der Waals surface area contributed by atoms with E-state index in [0.717, 1.165) is 23.8 Å². The van der Waals surface area contributed by atoms with E-state index in [1.165, 1.54) is 38.5 Å². The second kappa shape index (κ2) is 4.00. The maximum atomic E-state index is 3.45. The molecule has 13 heavy (non-hydrogen) atoms. The van der Waals surface area contributed by atoms with Gasteiger partial charge < -0.3 is 5.32 Å². The van der Waals surface area contributed by atoms with Crippen molar-refractivity contribution in [2.45, 2.75) is 51.5 Å². The van der Waals surface area contributed by atoms with Crippen molar-refractivity contribution in [1.29, 1.82) is 0 Å². The molecule has 2 fully saturated rings. The highest BCUT2D eigenvalue weighted by Gasteiger charge is 2.33. The molecule has 0 radical (unpaired) electrons. The minimum absolute atomic E-state index is 0.826. The van der Waals surface area contributed by atoms with Crippen LogP contribution in [0.1, 0.15) is 45.4 Å². The van der Waals surface area contributed by atoms with Crippen LogP contribution in [-0.4, -0.2) is 13.1 Å². The minimum Gasteiger partial charge on any atom is -0.317 e. The molecule has 4 atom stereocenters. The first-order chi connectivity index (χ1) is 6.29. The van der Waals surface area contributed by atoms with E-state index in [1.54, 1.807) is 0 Å². The zero-order valence-corrected chi connectivity index (χ0v) is 9.05. The third-order valence-corrected chi connectivity index (χ3v) is 4.28. The van der Waals surface area contributed by atoms with Gasteiger partial charge in [0.1, 0.15) is 0 Å². The van der Waals surface area contributed by atoms with E-state index < -0.39 is 0 Å². The first-order valence-electron chi connectivity index (χ1n) is 5.97. The lowest BCUT2D eigenvalue weighted by molar-refractivity contribution is 0.118. The molecule has 0 aromatic rings. The summed E-state index contributed by atoms with van der Waals surface area (Å²) in [6.45, 7) is 2.43. The fourth-order valence-corrected chi connectivity index (χ4v) is 3.39. The molecule has 1 nitrogen and oxygen atoms in total. The van der Waals surface area contributed by atoms with Gasteiger partial charge in [-0.3, -0.25) is 0 Å². The van der Waals surface area contributed by atoms with E-state index in [9.17, 15) is 0 Å². The molecule has 0 bridgehead atoms. The molecule has 76 valence electrons. The van der Waals surface area contributed by atoms with Gasteiger partial charge in [0, 0.05) is 6.04 Å². The molecule has 1 heteroatoms. The monoisotopic (exact) mass is 181 g/mol. The maximum absolute atomic E-state index is 3.45. The van der Waals surface area contributed by atoms with Gasteiger partial charge in [-0.05, 0) is 56.9 Å². The molecule has 0 aliphatic heterocycles. The average Bonchev–Trinajstić information content (AvgIpc) is 2.16. The van der Waals surface area contributed by atoms with Gasteiger partial charge in [0.2, 0.25) is 0 Å². The van der Waals surface area contributed by atoms with Crippen LogP contribution in [0.5, 0.6) is 0 Å². The molecule has 0 heterocycles. The lowest BCUT2D eigenvalue weighted by Gasteiger charge is -2.41. The van der Waals surface area contributed by atoms with Gasteiger partial charge >= 0.3 is 0 Å². The van der Waals surface area contributed by atoms with Crippen LogP contribution in [0.2, 0.25) is 0 Å². The van der Waals surface area contributed by atoms with Crippen molar-refractivity contribution in [2.75, 3.05) is 7.05 Å². The largest absolute Gasteiger partial charge is 0.317 e. The predicted molar refractivity (Wildman–Crippen MR) is 56.7 cm³/mol. The molecule has 0 spiro atoms. The number of fused-ring (bicyclic) bond motifs is 1. The molecule has 0 aromatic carbocycles. The molecule has 3 unspecified atom stereocenters. The molecule has 0 aromatic heterocycles. The van der Waals surface area contributed by atoms with E-state index >= 15 is 0 Å². The van der Waals surface area contributed by atoms with Gasteiger partial charge in [-0.25, -0.2) is 0 Å². The van der Waals surface area contributed by atoms with Gasteiger partial charge in [-0.15, -0.1) is 0 Å². The Bertz CT molecular complexity index is 167. The Morgan fingerprint density at radius 2 is 1.69 bits per heavy atom. The number of rotatable bonds is 1. The van der Waals surface area contributed by atoms with E-state index in [0.29, 0.717) is 0 Å². The molecule has 1 N–H and O–H groups in total. The standard InChI is InChI=1S/C12H23N/c1-9-3-4-10-5-6-12(13-2)8-11(10)7-9/h9-13H,3-8H2,1-2H3/t9-,10?,11?,12?/m1/s1. The summed E-state index contributed by atoms with van der Waals surface area (Å²) in [5.41, 5.74) is 0. The summed E-state index contributed by atoms with van der Waals surface area (Å²) >= 11 is 0. The molecule has 0 amide bonds. The molecule has 2 rings (SSSR count). The smallest absolute Gasteiger partial charge is 0.00669 e. The van der Waals surface area contributed by atoms with E-state index in [2.05, 4.69) is 19.3 Å². The van der Waals surface area contributed by atoms with E-state index in [-0.39, 0.29) is 0 Å². The van der Waals surface area contributed by atoms with Gasteiger partial charge in [-0.2, -0.15) is 0 Å². The SMILES string of the molecule is CNC1CCC2CC[C@@H](C)CC2C1. The van der Waals surface area contributed by atoms with E-state index in [1.807, 2.05) is 0 Å². The summed E-state index contributed by atoms with van der Waals surface area (Å²) in [7, 11) is 2.12. The fourth-order valence-electron chi connectivity index (χ4n) is 3.39. The lowest BCUT2D eigenvalue weighted by atomic mass is 9.67. The average molecular weight is 181 g/mol. The summed E-state index contributed by atoms with van der Waals surface area (Å²) < 4.78 is 0. The summed E-state index contributed by atoms with van der Waals surface area (Å²) in [5, 5.41) is 3.45. The second-order valence-corrected chi connectivity index (χ2v) is 5.24. The Hall–Kier alpha value is -0.0400. The van der Waals surface area contributed by atoms with Crippen molar-refractivity contribution in [3.63, 3.8) is 0 Å². The molecule has 2 aliphatic rings. The summed E-state index contributed by atoms with van der Waals surface area (Å²) in [6, 6.07) is 0.826. The summed E-state index contributed by atoms with van der Waals surface area (Å²) in [6.07, 6.45) is 8.87. The van der Waals surface area contributed by atoms with Crippen molar-refractivity contribution in [3.05, 3.63) is 0 Å². The van der Waals surface area contributed by atoms with Gasteiger partial charge in [0.15, 0.2) is 0 Å². The fraction of sp³-hybridized carbons (Fsp3) is 1.00. The van der Waals surface area contributed by atoms with Crippen molar-refractivity contribution in [3.8, 4) is 0 Å². The van der Waals surface area contributed by atoms with Crippen molar-refractivity contribution < 1.29 is 0 Å². The molecule has 2 aliphatic carbocycles. The normalized spacial score (nSPS) is 45.7. The Morgan fingerprint density at radius 1 is 0.923 bits per heavy atom. The van der Waals surface area contributed by atoms with Crippen molar-refractivity contribution in [1.82, 2.24) is 5.32 Å². The Morgan fingerprint density at radius 3 is 2.46 bits per heavy atom. The van der Waals surface area contributed by atoms with Crippen LogP contribution in [-0.2, 0) is 0 Å². The zero-order chi connectivity index (χ0) is 9.26. The first kappa shape index (κ1) is 9.51. The Labute approximate surface area is 82.3 Å². The third kappa shape index (κ3) is 2.07. The minimum atomic E-state index is 0.826. The summed E-state index contributed by atoms with van der Waals surface area (Å²) in [4.78, 5) is 0. The zero-order valence-electron chi connectivity index (χ0n) is 9.05. The Balaban J connectivity index is 1.91. The van der Waals surface area contributed by atoms with Crippen LogP contribution >= 0.6 is 0 Å². The van der Waals surface area contributed by atoms with Gasteiger partial charge in [-0.1, -0.05) is 13.3 Å². The number of nitrogens with one attached hydrogen (secondary N) is 1. The maximum Gasteiger partial charge on any atom is 0.00669 e. The van der Waals surface area contributed by atoms with Gasteiger partial charge in [0.05, 0.1) is 0 Å². The van der Waals surface area contributed by atoms with Crippen molar-refractivity contribution in [2.24, 2.45) is 17.8 Å². The summed E-state index contributed by atoms with van der Waals surface area (Å²) in [5.74, 6) is 3.13. The van der Waals surface area contributed by atoms with Crippen LogP contribution in [0.3, 0.4) is 0 Å². The highest BCUT2D eigenvalue weighted by molar-refractivity contribution is 4.87. The number of hydrogen-bond donors (Lipinski definition) is 1.